The zero-order valence-corrected chi connectivity index (χ0v) is 17.8. The molecule has 4 atom stereocenters. The van der Waals surface area contributed by atoms with Gasteiger partial charge in [-0.3, -0.25) is 10.1 Å². The van der Waals surface area contributed by atoms with Crippen molar-refractivity contribution < 1.29 is 14.8 Å². The Morgan fingerprint density at radius 2 is 1.66 bits per heavy atom. The highest BCUT2D eigenvalue weighted by atomic mass is 16.6. The molecule has 0 bridgehead atoms. The topological polar surface area (TPSA) is 72.6 Å². The fourth-order valence-corrected chi connectivity index (χ4v) is 4.40. The second-order valence-corrected chi connectivity index (χ2v) is 8.26. The van der Waals surface area contributed by atoms with Gasteiger partial charge in [0.15, 0.2) is 0 Å². The first kappa shape index (κ1) is 21.9. The normalized spacial score (nSPS) is 22.0. The number of ether oxygens (including phenoxy) is 1. The number of hydrogen-bond donors (Lipinski definition) is 1. The summed E-state index contributed by atoms with van der Waals surface area (Å²) < 4.78 is 6.31. The molecule has 32 heavy (non-hydrogen) atoms. The number of nitro groups is 1. The van der Waals surface area contributed by atoms with E-state index in [1.807, 2.05) is 54.6 Å². The lowest BCUT2D eigenvalue weighted by Gasteiger charge is -2.38. The van der Waals surface area contributed by atoms with Crippen LogP contribution in [0.4, 0.5) is 5.69 Å². The van der Waals surface area contributed by atoms with Crippen LogP contribution in [0.5, 0.6) is 0 Å². The number of allylic oxidation sites excluding steroid dienone is 1. The molecule has 1 aliphatic rings. The van der Waals surface area contributed by atoms with Gasteiger partial charge in [-0.25, -0.2) is 0 Å². The van der Waals surface area contributed by atoms with Crippen molar-refractivity contribution in [3.05, 3.63) is 118 Å². The smallest absolute Gasteiger partial charge is 0.269 e. The number of non-ortho nitro benzene ring substituents is 1. The first-order valence-corrected chi connectivity index (χ1v) is 10.9. The fourth-order valence-electron chi connectivity index (χ4n) is 4.40. The molecule has 0 spiro atoms. The third-order valence-electron chi connectivity index (χ3n) is 6.09. The van der Waals surface area contributed by atoms with Crippen molar-refractivity contribution in [2.24, 2.45) is 11.8 Å². The van der Waals surface area contributed by atoms with E-state index < -0.39 is 11.0 Å². The van der Waals surface area contributed by atoms with E-state index in [-0.39, 0.29) is 23.6 Å². The van der Waals surface area contributed by atoms with E-state index in [4.69, 9.17) is 4.74 Å². The fraction of sp³-hybridized carbons (Fsp3) is 0.259. The first-order chi connectivity index (χ1) is 15.6. The monoisotopic (exact) mass is 429 g/mol. The van der Waals surface area contributed by atoms with Crippen LogP contribution in [-0.2, 0) is 4.74 Å². The van der Waals surface area contributed by atoms with E-state index in [1.54, 1.807) is 12.1 Å². The summed E-state index contributed by atoms with van der Waals surface area (Å²) in [6.07, 6.45) is 5.13. The summed E-state index contributed by atoms with van der Waals surface area (Å²) >= 11 is 0. The molecule has 0 aromatic heterocycles. The maximum absolute atomic E-state index is 10.9. The van der Waals surface area contributed by atoms with Crippen LogP contribution in [0.15, 0.2) is 91.0 Å². The van der Waals surface area contributed by atoms with Crippen molar-refractivity contribution in [1.29, 1.82) is 0 Å². The average Bonchev–Trinajstić information content (AvgIpc) is 2.85. The predicted molar refractivity (Wildman–Crippen MR) is 125 cm³/mol. The Kier molecular flexibility index (Phi) is 7.10. The van der Waals surface area contributed by atoms with E-state index >= 15 is 0 Å². The van der Waals surface area contributed by atoms with Gasteiger partial charge >= 0.3 is 0 Å². The Morgan fingerprint density at radius 3 is 2.31 bits per heavy atom. The Labute approximate surface area is 188 Å². The lowest BCUT2D eigenvalue weighted by molar-refractivity contribution is -0.384. The summed E-state index contributed by atoms with van der Waals surface area (Å²) in [5.41, 5.74) is 3.07. The SMILES string of the molecule is O=[N+]([O-])c1ccc(/C=C/C[C@H]2C[C@@H]([C@@H](O)c3ccccc3)CO[C@@H]2c2ccccc2)cc1. The summed E-state index contributed by atoms with van der Waals surface area (Å²) in [6.45, 7) is 0.512. The van der Waals surface area contributed by atoms with E-state index in [0.29, 0.717) is 6.61 Å². The third-order valence-corrected chi connectivity index (χ3v) is 6.09. The molecule has 1 aliphatic heterocycles. The highest BCUT2D eigenvalue weighted by Gasteiger charge is 2.35. The van der Waals surface area contributed by atoms with Crippen LogP contribution in [0, 0.1) is 22.0 Å². The molecular formula is C27H27NO4. The molecule has 3 aromatic rings. The van der Waals surface area contributed by atoms with Gasteiger partial charge in [0.2, 0.25) is 0 Å². The Morgan fingerprint density at radius 1 is 1.00 bits per heavy atom. The molecule has 164 valence electrons. The van der Waals surface area contributed by atoms with Crippen LogP contribution >= 0.6 is 0 Å². The van der Waals surface area contributed by atoms with Crippen molar-refractivity contribution in [2.45, 2.75) is 25.0 Å². The van der Waals surface area contributed by atoms with E-state index in [0.717, 1.165) is 29.5 Å². The van der Waals surface area contributed by atoms with Gasteiger partial charge in [-0.15, -0.1) is 0 Å². The molecular weight excluding hydrogens is 402 g/mol. The molecule has 0 saturated carbocycles. The van der Waals surface area contributed by atoms with Crippen LogP contribution in [-0.4, -0.2) is 16.6 Å². The molecule has 1 heterocycles. The van der Waals surface area contributed by atoms with Crippen molar-refractivity contribution in [3.63, 3.8) is 0 Å². The second-order valence-electron chi connectivity index (χ2n) is 8.26. The zero-order valence-electron chi connectivity index (χ0n) is 17.8. The Bertz CT molecular complexity index is 1030. The molecule has 5 nitrogen and oxygen atoms in total. The summed E-state index contributed by atoms with van der Waals surface area (Å²) in [6, 6.07) is 26.5. The van der Waals surface area contributed by atoms with Crippen LogP contribution in [0.3, 0.4) is 0 Å². The number of benzene rings is 3. The van der Waals surface area contributed by atoms with Gasteiger partial charge in [0, 0.05) is 18.1 Å². The minimum Gasteiger partial charge on any atom is -0.388 e. The van der Waals surface area contributed by atoms with Crippen LogP contribution < -0.4 is 0 Å². The molecule has 3 aromatic carbocycles. The Balaban J connectivity index is 1.49. The maximum atomic E-state index is 10.9. The average molecular weight is 430 g/mol. The van der Waals surface area contributed by atoms with E-state index in [1.165, 1.54) is 12.1 Å². The molecule has 1 fully saturated rings. The molecule has 5 heteroatoms. The highest BCUT2D eigenvalue weighted by Crippen LogP contribution is 2.42. The van der Waals surface area contributed by atoms with Gasteiger partial charge in [-0.2, -0.15) is 0 Å². The minimum atomic E-state index is -0.561. The van der Waals surface area contributed by atoms with Gasteiger partial charge in [0.1, 0.15) is 0 Å². The van der Waals surface area contributed by atoms with Gasteiger partial charge < -0.3 is 9.84 Å². The van der Waals surface area contributed by atoms with Crippen molar-refractivity contribution in [3.8, 4) is 0 Å². The number of aliphatic hydroxyl groups is 1. The molecule has 0 radical (unpaired) electrons. The number of nitrogens with zero attached hydrogens (tertiary/aromatic N) is 1. The number of aliphatic hydroxyl groups excluding tert-OH is 1. The van der Waals surface area contributed by atoms with Gasteiger partial charge in [-0.1, -0.05) is 72.8 Å². The molecule has 0 aliphatic carbocycles. The largest absolute Gasteiger partial charge is 0.388 e. The minimum absolute atomic E-state index is 0.0233. The van der Waals surface area contributed by atoms with Gasteiger partial charge in [0.05, 0.1) is 23.7 Å². The molecule has 1 N–H and O–H groups in total. The number of hydrogen-bond acceptors (Lipinski definition) is 4. The van der Waals surface area contributed by atoms with Crippen LogP contribution in [0.1, 0.15) is 41.7 Å². The second kappa shape index (κ2) is 10.4. The van der Waals surface area contributed by atoms with Gasteiger partial charge in [0.25, 0.3) is 5.69 Å². The molecule has 0 amide bonds. The lowest BCUT2D eigenvalue weighted by atomic mass is 9.79. The zero-order chi connectivity index (χ0) is 22.3. The third kappa shape index (κ3) is 5.31. The Hall–Kier alpha value is -3.28. The maximum Gasteiger partial charge on any atom is 0.269 e. The van der Waals surface area contributed by atoms with Crippen molar-refractivity contribution in [1.82, 2.24) is 0 Å². The molecule has 0 unspecified atom stereocenters. The van der Waals surface area contributed by atoms with Crippen molar-refractivity contribution in [2.75, 3.05) is 6.61 Å². The number of rotatable bonds is 7. The predicted octanol–water partition coefficient (Wildman–Crippen LogP) is 6.13. The summed E-state index contributed by atoms with van der Waals surface area (Å²) in [7, 11) is 0. The molecule has 4 rings (SSSR count). The summed E-state index contributed by atoms with van der Waals surface area (Å²) in [4.78, 5) is 10.5. The quantitative estimate of drug-likeness (QED) is 0.362. The van der Waals surface area contributed by atoms with Gasteiger partial charge in [-0.05, 0) is 47.6 Å². The highest BCUT2D eigenvalue weighted by molar-refractivity contribution is 5.51. The van der Waals surface area contributed by atoms with Crippen LogP contribution in [0.25, 0.3) is 6.08 Å². The lowest BCUT2D eigenvalue weighted by Crippen LogP contribution is -2.32. The first-order valence-electron chi connectivity index (χ1n) is 10.9. The number of nitro benzene ring substituents is 1. The summed E-state index contributed by atoms with van der Waals surface area (Å²) in [5, 5.41) is 21.8. The summed E-state index contributed by atoms with van der Waals surface area (Å²) in [5.74, 6) is 0.235. The standard InChI is InChI=1S/C27H27NO4/c29-26(21-9-3-1-4-10-21)24-18-23(27(32-19-24)22-11-5-2-6-12-22)13-7-8-20-14-16-25(17-15-20)28(30)31/h1-12,14-17,23-24,26-27,29H,13,18-19H2/b8-7+/t23-,24+,26-,27+/m0/s1. The van der Waals surface area contributed by atoms with E-state index in [9.17, 15) is 15.2 Å². The van der Waals surface area contributed by atoms with E-state index in [2.05, 4.69) is 18.2 Å². The van der Waals surface area contributed by atoms with Crippen molar-refractivity contribution >= 4 is 11.8 Å². The van der Waals surface area contributed by atoms with Crippen LogP contribution in [0.2, 0.25) is 0 Å². The molecule has 1 saturated heterocycles.